The van der Waals surface area contributed by atoms with Gasteiger partial charge in [0.1, 0.15) is 0 Å². The zero-order valence-electron chi connectivity index (χ0n) is 11.8. The third kappa shape index (κ3) is 4.01. The van der Waals surface area contributed by atoms with E-state index in [2.05, 4.69) is 36.9 Å². The molecule has 0 amide bonds. The van der Waals surface area contributed by atoms with Gasteiger partial charge >= 0.3 is 0 Å². The molecule has 1 N–H and O–H groups in total. The summed E-state index contributed by atoms with van der Waals surface area (Å²) in [7, 11) is 0. The highest BCUT2D eigenvalue weighted by molar-refractivity contribution is 5.10. The van der Waals surface area contributed by atoms with Gasteiger partial charge in [0.05, 0.1) is 6.04 Å². The van der Waals surface area contributed by atoms with Gasteiger partial charge in [-0.2, -0.15) is 0 Å². The molecule has 17 heavy (non-hydrogen) atoms. The van der Waals surface area contributed by atoms with Crippen LogP contribution in [0.25, 0.3) is 0 Å². The molecule has 0 saturated carbocycles. The predicted octanol–water partition coefficient (Wildman–Crippen LogP) is 2.64. The van der Waals surface area contributed by atoms with Crippen LogP contribution in [0, 0.1) is 12.3 Å². The first-order valence-corrected chi connectivity index (χ1v) is 7.07. The van der Waals surface area contributed by atoms with Crippen molar-refractivity contribution in [3.63, 3.8) is 0 Å². The smallest absolute Gasteiger partial charge is 0.0868 e. The summed E-state index contributed by atoms with van der Waals surface area (Å²) in [6.45, 7) is 10.1. The topological polar surface area (TPSA) is 15.3 Å². The van der Waals surface area contributed by atoms with Crippen LogP contribution in [0.15, 0.2) is 0 Å². The molecule has 1 atom stereocenters. The normalized spacial score (nSPS) is 20.6. The summed E-state index contributed by atoms with van der Waals surface area (Å²) in [5, 5.41) is 3.50. The minimum atomic E-state index is 0.0638. The van der Waals surface area contributed by atoms with E-state index in [0.29, 0.717) is 0 Å². The maximum Gasteiger partial charge on any atom is 0.0868 e. The fourth-order valence-corrected chi connectivity index (χ4v) is 2.63. The van der Waals surface area contributed by atoms with Gasteiger partial charge in [-0.05, 0) is 52.7 Å². The molecular formula is C15H28N2. The molecule has 0 radical (unpaired) electrons. The molecule has 0 spiro atoms. The Kier molecular flexibility index (Phi) is 6.02. The highest BCUT2D eigenvalue weighted by atomic mass is 15.2. The maximum atomic E-state index is 5.71. The molecule has 1 unspecified atom stereocenters. The Morgan fingerprint density at radius 2 is 1.82 bits per heavy atom. The van der Waals surface area contributed by atoms with Gasteiger partial charge in [0.2, 0.25) is 0 Å². The summed E-state index contributed by atoms with van der Waals surface area (Å²) in [6, 6.07) is 0.153. The molecule has 1 aliphatic heterocycles. The summed E-state index contributed by atoms with van der Waals surface area (Å²) in [6.07, 6.45) is 12.2. The monoisotopic (exact) mass is 236 g/mol. The molecule has 0 aromatic heterocycles. The van der Waals surface area contributed by atoms with Crippen molar-refractivity contribution in [1.29, 1.82) is 0 Å². The summed E-state index contributed by atoms with van der Waals surface area (Å²) in [4.78, 5) is 2.58. The van der Waals surface area contributed by atoms with Crippen molar-refractivity contribution in [1.82, 2.24) is 10.2 Å². The lowest BCUT2D eigenvalue weighted by Gasteiger charge is -2.42. The first-order chi connectivity index (χ1) is 8.12. The average Bonchev–Trinajstić information content (AvgIpc) is 2.58. The molecular weight excluding hydrogens is 208 g/mol. The van der Waals surface area contributed by atoms with Gasteiger partial charge in [-0.3, -0.25) is 4.90 Å². The standard InChI is InChI=1S/C15H28N2/c1-5-11-16-14(6-2)15(3,4)17-12-9-7-8-10-13-17/h2,14,16H,5,7-13H2,1,3-4H3. The van der Waals surface area contributed by atoms with Gasteiger partial charge in [0, 0.05) is 5.54 Å². The van der Waals surface area contributed by atoms with E-state index >= 15 is 0 Å². The van der Waals surface area contributed by atoms with Crippen molar-refractivity contribution in [2.75, 3.05) is 19.6 Å². The molecule has 1 rings (SSSR count). The number of likely N-dealkylation sites (tertiary alicyclic amines) is 1. The van der Waals surface area contributed by atoms with Crippen molar-refractivity contribution in [2.45, 2.75) is 64.5 Å². The average molecular weight is 236 g/mol. The van der Waals surface area contributed by atoms with Crippen LogP contribution in [-0.4, -0.2) is 36.1 Å². The molecule has 1 fully saturated rings. The fourth-order valence-electron chi connectivity index (χ4n) is 2.63. The van der Waals surface area contributed by atoms with Crippen molar-refractivity contribution in [3.8, 4) is 12.3 Å². The van der Waals surface area contributed by atoms with Crippen LogP contribution in [0.1, 0.15) is 52.9 Å². The van der Waals surface area contributed by atoms with Gasteiger partial charge in [-0.1, -0.05) is 25.7 Å². The number of nitrogens with zero attached hydrogens (tertiary/aromatic N) is 1. The Morgan fingerprint density at radius 3 is 2.29 bits per heavy atom. The van der Waals surface area contributed by atoms with Crippen LogP contribution in [0.3, 0.4) is 0 Å². The van der Waals surface area contributed by atoms with E-state index in [1.165, 1.54) is 38.8 Å². The van der Waals surface area contributed by atoms with E-state index in [-0.39, 0.29) is 11.6 Å². The van der Waals surface area contributed by atoms with Gasteiger partial charge < -0.3 is 5.32 Å². The van der Waals surface area contributed by atoms with Crippen molar-refractivity contribution in [2.24, 2.45) is 0 Å². The highest BCUT2D eigenvalue weighted by Gasteiger charge is 2.34. The maximum absolute atomic E-state index is 5.71. The third-order valence-electron chi connectivity index (χ3n) is 3.89. The van der Waals surface area contributed by atoms with Crippen molar-refractivity contribution in [3.05, 3.63) is 0 Å². The van der Waals surface area contributed by atoms with Crippen molar-refractivity contribution >= 4 is 0 Å². The zero-order valence-corrected chi connectivity index (χ0v) is 11.8. The zero-order chi connectivity index (χ0) is 12.7. The molecule has 0 aliphatic carbocycles. The van der Waals surface area contributed by atoms with E-state index in [4.69, 9.17) is 6.42 Å². The fraction of sp³-hybridized carbons (Fsp3) is 0.867. The summed E-state index contributed by atoms with van der Waals surface area (Å²) >= 11 is 0. The van der Waals surface area contributed by atoms with E-state index in [1.807, 2.05) is 0 Å². The molecule has 0 bridgehead atoms. The molecule has 2 nitrogen and oxygen atoms in total. The molecule has 1 heterocycles. The Morgan fingerprint density at radius 1 is 1.24 bits per heavy atom. The molecule has 98 valence electrons. The van der Waals surface area contributed by atoms with Crippen molar-refractivity contribution < 1.29 is 0 Å². The Hall–Kier alpha value is -0.520. The number of nitrogens with one attached hydrogen (secondary N) is 1. The first kappa shape index (κ1) is 14.5. The summed E-state index contributed by atoms with van der Waals surface area (Å²) in [5.74, 6) is 2.94. The summed E-state index contributed by atoms with van der Waals surface area (Å²) in [5.41, 5.74) is 0.0638. The van der Waals surface area contributed by atoms with Crippen LogP contribution in [-0.2, 0) is 0 Å². The molecule has 1 saturated heterocycles. The highest BCUT2D eigenvalue weighted by Crippen LogP contribution is 2.23. The molecule has 2 heteroatoms. The number of hydrogen-bond acceptors (Lipinski definition) is 2. The van der Waals surface area contributed by atoms with E-state index in [0.717, 1.165) is 13.0 Å². The van der Waals surface area contributed by atoms with Gasteiger partial charge in [0.25, 0.3) is 0 Å². The molecule has 0 aromatic carbocycles. The van der Waals surface area contributed by atoms with Crippen LogP contribution < -0.4 is 5.32 Å². The SMILES string of the molecule is C#CC(NCCC)C(C)(C)N1CCCCCC1. The van der Waals surface area contributed by atoms with Gasteiger partial charge in [-0.15, -0.1) is 6.42 Å². The Balaban J connectivity index is 2.64. The predicted molar refractivity (Wildman–Crippen MR) is 75.0 cm³/mol. The van der Waals surface area contributed by atoms with Crippen LogP contribution in [0.4, 0.5) is 0 Å². The second-order valence-corrected chi connectivity index (χ2v) is 5.61. The van der Waals surface area contributed by atoms with Crippen LogP contribution in [0.5, 0.6) is 0 Å². The second kappa shape index (κ2) is 7.03. The molecule has 1 aliphatic rings. The quantitative estimate of drug-likeness (QED) is 0.738. The Bertz CT molecular complexity index is 244. The third-order valence-corrected chi connectivity index (χ3v) is 3.89. The minimum Gasteiger partial charge on any atom is -0.302 e. The number of terminal acetylenes is 1. The first-order valence-electron chi connectivity index (χ1n) is 7.07. The lowest BCUT2D eigenvalue weighted by atomic mass is 9.92. The van der Waals surface area contributed by atoms with E-state index in [9.17, 15) is 0 Å². The lowest BCUT2D eigenvalue weighted by Crippen LogP contribution is -2.57. The number of hydrogen-bond donors (Lipinski definition) is 1. The minimum absolute atomic E-state index is 0.0638. The van der Waals surface area contributed by atoms with Crippen LogP contribution in [0.2, 0.25) is 0 Å². The second-order valence-electron chi connectivity index (χ2n) is 5.61. The molecule has 0 aromatic rings. The summed E-state index contributed by atoms with van der Waals surface area (Å²) < 4.78 is 0. The van der Waals surface area contributed by atoms with Gasteiger partial charge in [0.15, 0.2) is 0 Å². The largest absolute Gasteiger partial charge is 0.302 e. The van der Waals surface area contributed by atoms with Crippen LogP contribution >= 0.6 is 0 Å². The van der Waals surface area contributed by atoms with E-state index in [1.54, 1.807) is 0 Å². The Labute approximate surface area is 107 Å². The lowest BCUT2D eigenvalue weighted by molar-refractivity contribution is 0.103. The number of rotatable bonds is 5. The van der Waals surface area contributed by atoms with E-state index < -0.39 is 0 Å². The van der Waals surface area contributed by atoms with Gasteiger partial charge in [-0.25, -0.2) is 0 Å².